The first-order chi connectivity index (χ1) is 9.47. The van der Waals surface area contributed by atoms with Gasteiger partial charge in [0.2, 0.25) is 5.76 Å². The average molecular weight is 296 g/mol. The Morgan fingerprint density at radius 3 is 2.50 bits per heavy atom. The van der Waals surface area contributed by atoms with Crippen LogP contribution < -0.4 is 0 Å². The van der Waals surface area contributed by atoms with Crippen LogP contribution >= 0.6 is 11.8 Å². The molecule has 0 aliphatic heterocycles. The number of hydrogen-bond donors (Lipinski definition) is 2. The minimum Gasteiger partial charge on any atom is -0.478 e. The number of benzene rings is 1. The highest BCUT2D eigenvalue weighted by atomic mass is 32.2. The molecular weight excluding hydrogens is 287 g/mol. The standard InChI is InChI=1S/C13H9FO5S/c14-9-3-1-7(12(15)16)5-11(9)20-6-8-2-4-10(19-8)13(17)18/h1-5H,6H2,(H,15,16)(H,17,18). The van der Waals surface area contributed by atoms with Gasteiger partial charge in [-0.2, -0.15) is 0 Å². The maximum atomic E-state index is 13.5. The van der Waals surface area contributed by atoms with Crippen molar-refractivity contribution >= 4 is 23.7 Å². The van der Waals surface area contributed by atoms with Crippen LogP contribution in [0.25, 0.3) is 0 Å². The minimum atomic E-state index is -1.18. The Morgan fingerprint density at radius 2 is 1.90 bits per heavy atom. The summed E-state index contributed by atoms with van der Waals surface area (Å²) in [6, 6.07) is 6.27. The van der Waals surface area contributed by atoms with Crippen molar-refractivity contribution in [2.24, 2.45) is 0 Å². The third kappa shape index (κ3) is 3.18. The molecule has 0 aliphatic carbocycles. The number of carboxylic acids is 2. The van der Waals surface area contributed by atoms with Crippen LogP contribution in [0.2, 0.25) is 0 Å². The summed E-state index contributed by atoms with van der Waals surface area (Å²) in [5.41, 5.74) is -0.0143. The van der Waals surface area contributed by atoms with Gasteiger partial charge in [0.05, 0.1) is 11.3 Å². The molecule has 0 aliphatic rings. The second-order valence-corrected chi connectivity index (χ2v) is 4.83. The molecule has 0 spiro atoms. The van der Waals surface area contributed by atoms with Gasteiger partial charge >= 0.3 is 11.9 Å². The fourth-order valence-corrected chi connectivity index (χ4v) is 2.34. The third-order valence-corrected chi connectivity index (χ3v) is 3.47. The first-order valence-electron chi connectivity index (χ1n) is 5.45. The summed E-state index contributed by atoms with van der Waals surface area (Å²) < 4.78 is 18.6. The van der Waals surface area contributed by atoms with E-state index in [1.54, 1.807) is 0 Å². The van der Waals surface area contributed by atoms with Crippen molar-refractivity contribution in [3.63, 3.8) is 0 Å². The van der Waals surface area contributed by atoms with Crippen molar-refractivity contribution in [1.82, 2.24) is 0 Å². The van der Waals surface area contributed by atoms with E-state index in [-0.39, 0.29) is 22.0 Å². The highest BCUT2D eigenvalue weighted by Crippen LogP contribution is 2.27. The summed E-state index contributed by atoms with van der Waals surface area (Å²) in [5, 5.41) is 17.5. The lowest BCUT2D eigenvalue weighted by molar-refractivity contribution is 0.0658. The van der Waals surface area contributed by atoms with E-state index in [0.717, 1.165) is 17.8 Å². The van der Waals surface area contributed by atoms with Crippen LogP contribution in [0.15, 0.2) is 39.6 Å². The molecule has 0 bridgehead atoms. The summed E-state index contributed by atoms with van der Waals surface area (Å²) >= 11 is 1.03. The van der Waals surface area contributed by atoms with Crippen molar-refractivity contribution in [2.45, 2.75) is 10.6 Å². The molecule has 104 valence electrons. The largest absolute Gasteiger partial charge is 0.478 e. The predicted molar refractivity (Wildman–Crippen MR) is 68.6 cm³/mol. The number of halogens is 1. The molecule has 1 aromatic heterocycles. The number of furan rings is 1. The first-order valence-corrected chi connectivity index (χ1v) is 6.43. The van der Waals surface area contributed by atoms with Gasteiger partial charge in [-0.25, -0.2) is 14.0 Å². The summed E-state index contributed by atoms with van der Waals surface area (Å²) in [6.07, 6.45) is 0. The lowest BCUT2D eigenvalue weighted by Crippen LogP contribution is -1.97. The second-order valence-electron chi connectivity index (χ2n) is 3.81. The predicted octanol–water partition coefficient (Wildman–Crippen LogP) is 3.11. The molecule has 2 aromatic rings. The Morgan fingerprint density at radius 1 is 1.15 bits per heavy atom. The molecule has 0 radical (unpaired) electrons. The number of thioether (sulfide) groups is 1. The molecule has 2 N–H and O–H groups in total. The van der Waals surface area contributed by atoms with E-state index in [0.29, 0.717) is 5.76 Å². The van der Waals surface area contributed by atoms with E-state index in [1.165, 1.54) is 24.3 Å². The smallest absolute Gasteiger partial charge is 0.371 e. The zero-order valence-electron chi connectivity index (χ0n) is 10.00. The zero-order chi connectivity index (χ0) is 14.7. The van der Waals surface area contributed by atoms with Gasteiger partial charge in [0.25, 0.3) is 0 Å². The second kappa shape index (κ2) is 5.79. The van der Waals surface area contributed by atoms with Crippen molar-refractivity contribution in [2.75, 3.05) is 0 Å². The van der Waals surface area contributed by atoms with E-state index >= 15 is 0 Å². The van der Waals surface area contributed by atoms with Crippen molar-refractivity contribution in [1.29, 1.82) is 0 Å². The fraction of sp³-hybridized carbons (Fsp3) is 0.0769. The van der Waals surface area contributed by atoms with Crippen LogP contribution in [0, 0.1) is 5.82 Å². The molecule has 1 heterocycles. The van der Waals surface area contributed by atoms with Gasteiger partial charge in [-0.1, -0.05) is 0 Å². The van der Waals surface area contributed by atoms with Crippen LogP contribution in [0.1, 0.15) is 26.7 Å². The number of hydrogen-bond acceptors (Lipinski definition) is 4. The molecular formula is C13H9FO5S. The van der Waals surface area contributed by atoms with Crippen molar-refractivity contribution in [3.05, 3.63) is 53.2 Å². The van der Waals surface area contributed by atoms with Crippen LogP contribution in [0.4, 0.5) is 4.39 Å². The van der Waals surface area contributed by atoms with Crippen LogP contribution in [0.5, 0.6) is 0 Å². The summed E-state index contributed by atoms with van der Waals surface area (Å²) in [6.45, 7) is 0. The highest BCUT2D eigenvalue weighted by molar-refractivity contribution is 7.98. The summed E-state index contributed by atoms with van der Waals surface area (Å²) in [5.74, 6) is -2.48. The number of aromatic carboxylic acids is 2. The lowest BCUT2D eigenvalue weighted by Gasteiger charge is -2.03. The Labute approximate surface area is 117 Å². The Kier molecular flexibility index (Phi) is 4.09. The number of rotatable bonds is 5. The number of carboxylic acid groups (broad SMARTS) is 2. The number of carbonyl (C=O) groups is 2. The van der Waals surface area contributed by atoms with Gasteiger partial charge in [0.1, 0.15) is 11.6 Å². The molecule has 0 unspecified atom stereocenters. The minimum absolute atomic E-state index is 0.0143. The lowest BCUT2D eigenvalue weighted by atomic mass is 10.2. The SMILES string of the molecule is O=C(O)c1ccc(F)c(SCc2ccc(C(=O)O)o2)c1. The Bertz CT molecular complexity index is 665. The molecule has 0 fully saturated rings. The Balaban J connectivity index is 2.11. The molecule has 0 amide bonds. The molecule has 0 saturated heterocycles. The topological polar surface area (TPSA) is 87.7 Å². The molecule has 0 saturated carbocycles. The van der Waals surface area contributed by atoms with E-state index in [1.807, 2.05) is 0 Å². The van der Waals surface area contributed by atoms with E-state index in [4.69, 9.17) is 14.6 Å². The van der Waals surface area contributed by atoms with Crippen LogP contribution in [-0.2, 0) is 5.75 Å². The quantitative estimate of drug-likeness (QED) is 0.824. The molecule has 7 heteroatoms. The normalized spacial score (nSPS) is 10.4. The molecule has 20 heavy (non-hydrogen) atoms. The van der Waals surface area contributed by atoms with Crippen LogP contribution in [0.3, 0.4) is 0 Å². The molecule has 0 atom stereocenters. The highest BCUT2D eigenvalue weighted by Gasteiger charge is 2.12. The molecule has 2 rings (SSSR count). The molecule has 1 aromatic carbocycles. The van der Waals surface area contributed by atoms with Gasteiger partial charge in [-0.05, 0) is 30.3 Å². The van der Waals surface area contributed by atoms with Crippen molar-refractivity contribution in [3.8, 4) is 0 Å². The summed E-state index contributed by atoms with van der Waals surface area (Å²) in [4.78, 5) is 21.6. The van der Waals surface area contributed by atoms with Crippen molar-refractivity contribution < 1.29 is 28.6 Å². The molecule has 5 nitrogen and oxygen atoms in total. The maximum absolute atomic E-state index is 13.5. The van der Waals surface area contributed by atoms with E-state index in [9.17, 15) is 14.0 Å². The van der Waals surface area contributed by atoms with Gasteiger partial charge in [-0.15, -0.1) is 11.8 Å². The van der Waals surface area contributed by atoms with Gasteiger partial charge in [-0.3, -0.25) is 0 Å². The van der Waals surface area contributed by atoms with E-state index in [2.05, 4.69) is 0 Å². The Hall–Kier alpha value is -2.28. The maximum Gasteiger partial charge on any atom is 0.371 e. The monoisotopic (exact) mass is 296 g/mol. The van der Waals surface area contributed by atoms with Gasteiger partial charge < -0.3 is 14.6 Å². The zero-order valence-corrected chi connectivity index (χ0v) is 10.8. The fourth-order valence-electron chi connectivity index (χ4n) is 1.47. The average Bonchev–Trinajstić information content (AvgIpc) is 2.86. The third-order valence-electron chi connectivity index (χ3n) is 2.42. The van der Waals surface area contributed by atoms with E-state index < -0.39 is 17.8 Å². The van der Waals surface area contributed by atoms with Gasteiger partial charge in [0, 0.05) is 4.90 Å². The van der Waals surface area contributed by atoms with Gasteiger partial charge in [0.15, 0.2) is 0 Å². The first kappa shape index (κ1) is 14.1. The summed E-state index contributed by atoms with van der Waals surface area (Å²) in [7, 11) is 0. The van der Waals surface area contributed by atoms with Crippen LogP contribution in [-0.4, -0.2) is 22.2 Å².